The van der Waals surface area contributed by atoms with Gasteiger partial charge in [0.15, 0.2) is 0 Å². The van der Waals surface area contributed by atoms with Crippen LogP contribution in [0.5, 0.6) is 17.2 Å². The van der Waals surface area contributed by atoms with Crippen LogP contribution in [0.1, 0.15) is 11.1 Å². The van der Waals surface area contributed by atoms with Crippen molar-refractivity contribution in [2.24, 2.45) is 5.14 Å². The molecule has 3 rings (SSSR count). The highest BCUT2D eigenvalue weighted by Crippen LogP contribution is 2.31. The number of pyridine rings is 1. The summed E-state index contributed by atoms with van der Waals surface area (Å²) in [5.41, 5.74) is 2.21. The minimum atomic E-state index is -3.57. The average molecular weight is 358 g/mol. The van der Waals surface area contributed by atoms with Crippen LogP contribution >= 0.6 is 0 Å². The number of benzene rings is 2. The van der Waals surface area contributed by atoms with Crippen LogP contribution in [0.4, 0.5) is 0 Å². The van der Waals surface area contributed by atoms with Gasteiger partial charge < -0.3 is 9.47 Å². The van der Waals surface area contributed by atoms with E-state index in [2.05, 4.69) is 4.98 Å². The van der Waals surface area contributed by atoms with Crippen molar-refractivity contribution in [3.05, 3.63) is 59.8 Å². The van der Waals surface area contributed by atoms with Gasteiger partial charge in [-0.2, -0.15) is 0 Å². The first-order valence-corrected chi connectivity index (χ1v) is 9.28. The molecule has 2 N–H and O–H groups in total. The Labute approximate surface area is 146 Å². The van der Waals surface area contributed by atoms with E-state index in [0.29, 0.717) is 17.1 Å². The third-order valence-corrected chi connectivity index (χ3v) is 4.52. The van der Waals surface area contributed by atoms with Crippen LogP contribution in [0.2, 0.25) is 0 Å². The Bertz CT molecular complexity index is 1030. The molecule has 6 nitrogen and oxygen atoms in total. The van der Waals surface area contributed by atoms with E-state index in [0.717, 1.165) is 22.2 Å². The summed E-state index contributed by atoms with van der Waals surface area (Å²) in [6.45, 7) is 1.82. The number of fused-ring (bicyclic) bond motifs is 1. The van der Waals surface area contributed by atoms with Crippen LogP contribution in [-0.4, -0.2) is 20.5 Å². The molecule has 0 aliphatic carbocycles. The Kier molecular flexibility index (Phi) is 4.61. The summed E-state index contributed by atoms with van der Waals surface area (Å²) >= 11 is 0. The highest BCUT2D eigenvalue weighted by Gasteiger charge is 2.10. The predicted octanol–water partition coefficient (Wildman–Crippen LogP) is 3.13. The second kappa shape index (κ2) is 6.70. The van der Waals surface area contributed by atoms with Crippen molar-refractivity contribution in [3.63, 3.8) is 0 Å². The van der Waals surface area contributed by atoms with E-state index in [1.165, 1.54) is 0 Å². The van der Waals surface area contributed by atoms with Crippen molar-refractivity contribution in [1.29, 1.82) is 0 Å². The molecule has 0 amide bonds. The molecule has 0 fully saturated rings. The van der Waals surface area contributed by atoms with E-state index in [-0.39, 0.29) is 5.75 Å². The summed E-state index contributed by atoms with van der Waals surface area (Å²) in [4.78, 5) is 4.32. The highest BCUT2D eigenvalue weighted by atomic mass is 32.2. The SMILES string of the molecule is COc1ccc2c(Oc3ccc(CS(N)(=O)=O)c(C)c3)ccnc2c1. The average Bonchev–Trinajstić information content (AvgIpc) is 2.56. The Hall–Kier alpha value is -2.64. The largest absolute Gasteiger partial charge is 0.497 e. The van der Waals surface area contributed by atoms with Gasteiger partial charge in [-0.05, 0) is 48.4 Å². The molecule has 3 aromatic rings. The normalized spacial score (nSPS) is 11.5. The number of primary sulfonamides is 1. The van der Waals surface area contributed by atoms with Crippen molar-refractivity contribution in [2.45, 2.75) is 12.7 Å². The fourth-order valence-corrected chi connectivity index (χ4v) is 3.31. The minimum Gasteiger partial charge on any atom is -0.497 e. The van der Waals surface area contributed by atoms with E-state index in [4.69, 9.17) is 14.6 Å². The molecule has 0 aliphatic rings. The van der Waals surface area contributed by atoms with Gasteiger partial charge in [0.05, 0.1) is 18.4 Å². The molecular formula is C18H18N2O4S. The van der Waals surface area contributed by atoms with E-state index in [1.54, 1.807) is 37.6 Å². The van der Waals surface area contributed by atoms with E-state index < -0.39 is 10.0 Å². The van der Waals surface area contributed by atoms with Crippen LogP contribution in [0.3, 0.4) is 0 Å². The summed E-state index contributed by atoms with van der Waals surface area (Å²) in [5.74, 6) is 1.79. The second-order valence-electron chi connectivity index (χ2n) is 5.69. The fourth-order valence-electron chi connectivity index (χ4n) is 2.56. The van der Waals surface area contributed by atoms with E-state index >= 15 is 0 Å². The summed E-state index contributed by atoms with van der Waals surface area (Å²) in [6, 6.07) is 12.6. The number of nitrogens with two attached hydrogens (primary N) is 1. The number of nitrogens with zero attached hydrogens (tertiary/aromatic N) is 1. The van der Waals surface area contributed by atoms with E-state index in [9.17, 15) is 8.42 Å². The number of ether oxygens (including phenoxy) is 2. The Morgan fingerprint density at radius 3 is 2.52 bits per heavy atom. The lowest BCUT2D eigenvalue weighted by Gasteiger charge is -2.11. The van der Waals surface area contributed by atoms with Gasteiger partial charge in [-0.25, -0.2) is 13.6 Å². The fraction of sp³-hybridized carbons (Fsp3) is 0.167. The van der Waals surface area contributed by atoms with Gasteiger partial charge in [-0.15, -0.1) is 0 Å². The number of hydrogen-bond donors (Lipinski definition) is 1. The van der Waals surface area contributed by atoms with Crippen molar-refractivity contribution in [2.75, 3.05) is 7.11 Å². The van der Waals surface area contributed by atoms with Crippen LogP contribution in [-0.2, 0) is 15.8 Å². The topological polar surface area (TPSA) is 91.5 Å². The molecule has 0 spiro atoms. The Morgan fingerprint density at radius 1 is 1.08 bits per heavy atom. The third kappa shape index (κ3) is 4.07. The molecule has 1 heterocycles. The number of sulfonamides is 1. The van der Waals surface area contributed by atoms with Gasteiger partial charge in [0.2, 0.25) is 10.0 Å². The predicted molar refractivity (Wildman–Crippen MR) is 96.4 cm³/mol. The lowest BCUT2D eigenvalue weighted by molar-refractivity contribution is 0.415. The maximum atomic E-state index is 11.3. The number of rotatable bonds is 5. The zero-order valence-corrected chi connectivity index (χ0v) is 14.7. The third-order valence-electron chi connectivity index (χ3n) is 3.81. The Balaban J connectivity index is 1.92. The van der Waals surface area contributed by atoms with Gasteiger partial charge in [0.25, 0.3) is 0 Å². The van der Waals surface area contributed by atoms with Crippen molar-refractivity contribution < 1.29 is 17.9 Å². The summed E-state index contributed by atoms with van der Waals surface area (Å²) in [7, 11) is -1.96. The Morgan fingerprint density at radius 2 is 1.84 bits per heavy atom. The molecule has 0 bridgehead atoms. The van der Waals surface area contributed by atoms with Gasteiger partial charge in [0, 0.05) is 17.6 Å². The lowest BCUT2D eigenvalue weighted by Crippen LogP contribution is -2.15. The standard InChI is InChI=1S/C18H18N2O4S/c1-12-9-15(4-3-13(12)11-25(19,21)22)24-18-7-8-20-17-10-14(23-2)5-6-16(17)18/h3-10H,11H2,1-2H3,(H2,19,21,22). The number of methoxy groups -OCH3 is 1. The van der Waals surface area contributed by atoms with Crippen molar-refractivity contribution in [1.82, 2.24) is 4.98 Å². The lowest BCUT2D eigenvalue weighted by atomic mass is 10.1. The van der Waals surface area contributed by atoms with Crippen LogP contribution in [0.15, 0.2) is 48.7 Å². The number of aryl methyl sites for hydroxylation is 1. The number of aromatic nitrogens is 1. The molecule has 7 heteroatoms. The summed E-state index contributed by atoms with van der Waals surface area (Å²) in [6.07, 6.45) is 1.67. The molecule has 0 saturated heterocycles. The van der Waals surface area contributed by atoms with Gasteiger partial charge >= 0.3 is 0 Å². The van der Waals surface area contributed by atoms with Crippen LogP contribution < -0.4 is 14.6 Å². The maximum Gasteiger partial charge on any atom is 0.213 e. The molecule has 0 atom stereocenters. The van der Waals surface area contributed by atoms with Crippen LogP contribution in [0.25, 0.3) is 10.9 Å². The summed E-state index contributed by atoms with van der Waals surface area (Å²) < 4.78 is 33.7. The van der Waals surface area contributed by atoms with Crippen LogP contribution in [0, 0.1) is 6.92 Å². The first kappa shape index (κ1) is 17.2. The molecule has 0 aliphatic heterocycles. The zero-order valence-electron chi connectivity index (χ0n) is 13.9. The molecule has 130 valence electrons. The molecule has 0 unspecified atom stereocenters. The van der Waals surface area contributed by atoms with Gasteiger partial charge in [-0.3, -0.25) is 4.98 Å². The number of hydrogen-bond acceptors (Lipinski definition) is 5. The van der Waals surface area contributed by atoms with E-state index in [1.807, 2.05) is 25.1 Å². The maximum absolute atomic E-state index is 11.3. The molecule has 0 saturated carbocycles. The molecule has 1 aromatic heterocycles. The smallest absolute Gasteiger partial charge is 0.213 e. The van der Waals surface area contributed by atoms with Gasteiger partial charge in [0.1, 0.15) is 17.2 Å². The molecule has 0 radical (unpaired) electrons. The second-order valence-corrected chi connectivity index (χ2v) is 7.30. The minimum absolute atomic E-state index is 0.197. The monoisotopic (exact) mass is 358 g/mol. The van der Waals surface area contributed by atoms with Gasteiger partial charge in [-0.1, -0.05) is 6.07 Å². The quantitative estimate of drug-likeness (QED) is 0.756. The first-order chi connectivity index (χ1) is 11.9. The first-order valence-electron chi connectivity index (χ1n) is 7.56. The summed E-state index contributed by atoms with van der Waals surface area (Å²) in [5, 5.41) is 5.96. The molecule has 25 heavy (non-hydrogen) atoms. The highest BCUT2D eigenvalue weighted by molar-refractivity contribution is 7.88. The van der Waals surface area contributed by atoms with Crippen molar-refractivity contribution >= 4 is 20.9 Å². The van der Waals surface area contributed by atoms with Crippen molar-refractivity contribution in [3.8, 4) is 17.2 Å². The molecule has 2 aromatic carbocycles. The molecular weight excluding hydrogens is 340 g/mol. The zero-order chi connectivity index (χ0) is 18.0.